The summed E-state index contributed by atoms with van der Waals surface area (Å²) in [6, 6.07) is 23.8. The van der Waals surface area contributed by atoms with Crippen molar-refractivity contribution in [3.05, 3.63) is 84.7 Å². The molecule has 7 heteroatoms. The Morgan fingerprint density at radius 2 is 1.23 bits per heavy atom. The maximum Gasteiger partial charge on any atom is 0.123 e. The number of aromatic amines is 2. The molecule has 2 saturated carbocycles. The summed E-state index contributed by atoms with van der Waals surface area (Å²) in [6.45, 7) is 2.38. The maximum atomic E-state index is 6.36. The molecular weight excluding hydrogens is 494 g/mol. The molecule has 4 fully saturated rings. The summed E-state index contributed by atoms with van der Waals surface area (Å²) in [4.78, 5) is 16.5. The molecule has 0 unspecified atom stereocenters. The summed E-state index contributed by atoms with van der Waals surface area (Å²) in [7, 11) is 0. The first-order chi connectivity index (χ1) is 19.4. The molecule has 2 aromatic heterocycles. The van der Waals surface area contributed by atoms with Gasteiger partial charge in [0.2, 0.25) is 0 Å². The molecule has 6 N–H and O–H groups in total. The number of piperidine rings is 2. The van der Waals surface area contributed by atoms with Crippen LogP contribution >= 0.6 is 0 Å². The van der Waals surface area contributed by atoms with E-state index in [-0.39, 0.29) is 11.6 Å². The van der Waals surface area contributed by atoms with Gasteiger partial charge in [0, 0.05) is 23.2 Å². The summed E-state index contributed by atoms with van der Waals surface area (Å²) >= 11 is 0. The molecule has 0 amide bonds. The van der Waals surface area contributed by atoms with E-state index in [1.165, 1.54) is 40.3 Å². The van der Waals surface area contributed by atoms with Crippen molar-refractivity contribution in [2.24, 2.45) is 11.1 Å². The third kappa shape index (κ3) is 3.61. The molecule has 2 aliphatic heterocycles. The number of fused-ring (bicyclic) bond motifs is 3. The predicted molar refractivity (Wildman–Crippen MR) is 157 cm³/mol. The van der Waals surface area contributed by atoms with Crippen LogP contribution in [0.1, 0.15) is 56.3 Å². The Morgan fingerprint density at radius 1 is 0.650 bits per heavy atom. The fraction of sp³-hybridized carbons (Fsp3) is 0.333. The normalized spacial score (nSPS) is 31.9. The Labute approximate surface area is 233 Å². The van der Waals surface area contributed by atoms with Gasteiger partial charge in [-0.2, -0.15) is 0 Å². The van der Waals surface area contributed by atoms with Crippen LogP contribution in [-0.4, -0.2) is 37.6 Å². The van der Waals surface area contributed by atoms with Crippen LogP contribution < -0.4 is 16.4 Å². The van der Waals surface area contributed by atoms with Gasteiger partial charge in [-0.15, -0.1) is 0 Å². The zero-order chi connectivity index (χ0) is 26.6. The molecule has 6 atom stereocenters. The third-order valence-electron chi connectivity index (χ3n) is 10.1. The van der Waals surface area contributed by atoms with Crippen molar-refractivity contribution in [2.75, 3.05) is 0 Å². The minimum atomic E-state index is -0.0189. The topological polar surface area (TPSA) is 107 Å². The number of aromatic nitrogens is 4. The predicted octanol–water partition coefficient (Wildman–Crippen LogP) is 5.60. The van der Waals surface area contributed by atoms with Gasteiger partial charge in [-0.05, 0) is 70.7 Å². The largest absolute Gasteiger partial charge is 0.341 e. The quantitative estimate of drug-likeness (QED) is 0.204. The highest BCUT2D eigenvalue weighted by Crippen LogP contribution is 2.57. The smallest absolute Gasteiger partial charge is 0.123 e. The zero-order valence-electron chi connectivity index (χ0n) is 22.5. The average molecular weight is 528 g/mol. The van der Waals surface area contributed by atoms with E-state index in [4.69, 9.17) is 10.7 Å². The minimum absolute atomic E-state index is 0.0189. The number of H-pyrrole nitrogens is 2. The average Bonchev–Trinajstić information content (AvgIpc) is 3.46. The number of nitrogens with zero attached hydrogens (tertiary/aromatic N) is 2. The van der Waals surface area contributed by atoms with Crippen molar-refractivity contribution in [2.45, 2.75) is 62.3 Å². The van der Waals surface area contributed by atoms with Gasteiger partial charge in [-0.3, -0.25) is 0 Å². The molecule has 0 radical (unpaired) electrons. The van der Waals surface area contributed by atoms with Crippen LogP contribution in [0.5, 0.6) is 0 Å². The second kappa shape index (κ2) is 7.91. The molecule has 40 heavy (non-hydrogen) atoms. The van der Waals surface area contributed by atoms with E-state index >= 15 is 0 Å². The summed E-state index contributed by atoms with van der Waals surface area (Å²) in [5, 5.41) is 9.78. The molecular formula is C33H33N7. The van der Waals surface area contributed by atoms with Crippen LogP contribution in [-0.2, 0) is 0 Å². The molecule has 3 aromatic carbocycles. The summed E-state index contributed by atoms with van der Waals surface area (Å²) in [6.07, 6.45) is 8.41. The van der Waals surface area contributed by atoms with Crippen LogP contribution in [0.15, 0.2) is 73.1 Å². The fourth-order valence-corrected chi connectivity index (χ4v) is 7.22. The molecule has 0 spiro atoms. The summed E-state index contributed by atoms with van der Waals surface area (Å²) < 4.78 is 0. The van der Waals surface area contributed by atoms with Crippen LogP contribution in [0.2, 0.25) is 0 Å². The van der Waals surface area contributed by atoms with Crippen molar-refractivity contribution < 1.29 is 0 Å². The van der Waals surface area contributed by atoms with E-state index in [9.17, 15) is 0 Å². The molecule has 4 aliphatic rings. The van der Waals surface area contributed by atoms with Crippen molar-refractivity contribution in [1.82, 2.24) is 30.6 Å². The molecule has 2 aliphatic carbocycles. The van der Waals surface area contributed by atoms with Crippen molar-refractivity contribution in [3.8, 4) is 33.6 Å². The van der Waals surface area contributed by atoms with Gasteiger partial charge < -0.3 is 26.3 Å². The number of hydrogen-bond acceptors (Lipinski definition) is 5. The molecule has 4 heterocycles. The van der Waals surface area contributed by atoms with Crippen LogP contribution in [0.4, 0.5) is 0 Å². The Kier molecular flexibility index (Phi) is 4.54. The van der Waals surface area contributed by atoms with Crippen molar-refractivity contribution in [1.29, 1.82) is 0 Å². The monoisotopic (exact) mass is 527 g/mol. The van der Waals surface area contributed by atoms with E-state index in [0.717, 1.165) is 41.4 Å². The highest BCUT2D eigenvalue weighted by molar-refractivity contribution is 5.90. The highest BCUT2D eigenvalue weighted by Gasteiger charge is 2.58. The highest BCUT2D eigenvalue weighted by atomic mass is 15.2. The minimum Gasteiger partial charge on any atom is -0.341 e. The summed E-state index contributed by atoms with van der Waals surface area (Å²) in [5.41, 5.74) is 13.6. The van der Waals surface area contributed by atoms with Gasteiger partial charge in [-0.1, -0.05) is 55.5 Å². The summed E-state index contributed by atoms with van der Waals surface area (Å²) in [5.74, 6) is 2.04. The third-order valence-corrected chi connectivity index (χ3v) is 10.1. The van der Waals surface area contributed by atoms with Gasteiger partial charge in [0.25, 0.3) is 0 Å². The second-order valence-electron chi connectivity index (χ2n) is 13.0. The molecule has 0 bridgehead atoms. The number of hydrogen-bond donors (Lipinski definition) is 5. The Hall–Kier alpha value is -3.78. The SMILES string of the molecule is C[C@@]12C[C@@H](c3ncc(-c4ccc5cc(-c6ccc(-c7cnc([C@@H]8C[C@@]9(N)C[C@H]9N8)[nH]7)cc6)ccc5c4)[nH]3)N[C@@H]1C2. The van der Waals surface area contributed by atoms with Crippen LogP contribution in [0.3, 0.4) is 0 Å². The first-order valence-electron chi connectivity index (χ1n) is 14.5. The van der Waals surface area contributed by atoms with Gasteiger partial charge in [0.05, 0.1) is 35.9 Å². The van der Waals surface area contributed by atoms with E-state index in [2.05, 4.69) is 93.2 Å². The van der Waals surface area contributed by atoms with Crippen molar-refractivity contribution in [3.63, 3.8) is 0 Å². The van der Waals surface area contributed by atoms with Crippen LogP contribution in [0.25, 0.3) is 44.4 Å². The van der Waals surface area contributed by atoms with Crippen molar-refractivity contribution >= 4 is 10.8 Å². The molecule has 2 saturated heterocycles. The lowest BCUT2D eigenvalue weighted by Crippen LogP contribution is -2.23. The van der Waals surface area contributed by atoms with Gasteiger partial charge in [0.1, 0.15) is 11.6 Å². The lowest BCUT2D eigenvalue weighted by Gasteiger charge is -2.11. The number of benzene rings is 3. The second-order valence-corrected chi connectivity index (χ2v) is 13.0. The number of imidazole rings is 2. The van der Waals surface area contributed by atoms with E-state index < -0.39 is 0 Å². The molecule has 7 nitrogen and oxygen atoms in total. The first kappa shape index (κ1) is 23.0. The standard InChI is InChI=1S/C33H33N7/c1-32-12-24(37-28(32)14-32)30-36-17-27(40-30)23-9-8-21-10-20(6-7-22(21)11-23)18-2-4-19(5-3-18)26-16-35-31(39-26)25-13-33(34)15-29(33)38-25/h2-11,16-17,24-25,28-29,37-38H,12-15,34H2,1H3,(H,35,39)(H,36,40)/t24-,25-,28+,29+,32-,33+/m0/s1. The Bertz CT molecular complexity index is 1780. The molecule has 9 rings (SSSR count). The zero-order valence-corrected chi connectivity index (χ0v) is 22.5. The molecule has 200 valence electrons. The van der Waals surface area contributed by atoms with E-state index in [0.29, 0.717) is 23.5 Å². The van der Waals surface area contributed by atoms with Gasteiger partial charge in [0.15, 0.2) is 0 Å². The number of nitrogens with two attached hydrogens (primary N) is 1. The lowest BCUT2D eigenvalue weighted by atomic mass is 9.98. The number of nitrogens with one attached hydrogen (secondary N) is 4. The fourth-order valence-electron chi connectivity index (χ4n) is 7.22. The Balaban J connectivity index is 0.925. The number of rotatable bonds is 5. The first-order valence-corrected chi connectivity index (χ1v) is 14.5. The molecule has 5 aromatic rings. The lowest BCUT2D eigenvalue weighted by molar-refractivity contribution is 0.488. The van der Waals surface area contributed by atoms with Gasteiger partial charge >= 0.3 is 0 Å². The van der Waals surface area contributed by atoms with E-state index in [1.54, 1.807) is 0 Å². The van der Waals surface area contributed by atoms with E-state index in [1.807, 2.05) is 12.4 Å². The van der Waals surface area contributed by atoms with Gasteiger partial charge in [-0.25, -0.2) is 9.97 Å². The Morgan fingerprint density at radius 3 is 1.88 bits per heavy atom. The maximum absolute atomic E-state index is 6.36. The van der Waals surface area contributed by atoms with Crippen LogP contribution in [0, 0.1) is 5.41 Å².